The summed E-state index contributed by atoms with van der Waals surface area (Å²) >= 11 is 1.68. The molecule has 3 rings (SSSR count). The van der Waals surface area contributed by atoms with E-state index in [0.717, 1.165) is 31.6 Å². The number of thiophene rings is 1. The monoisotopic (exact) mass is 305 g/mol. The van der Waals surface area contributed by atoms with Crippen molar-refractivity contribution in [3.05, 3.63) is 34.5 Å². The van der Waals surface area contributed by atoms with E-state index in [2.05, 4.69) is 32.3 Å². The van der Waals surface area contributed by atoms with Crippen LogP contribution in [-0.4, -0.2) is 38.8 Å². The van der Waals surface area contributed by atoms with Gasteiger partial charge in [-0.25, -0.2) is 4.79 Å². The van der Waals surface area contributed by atoms with Crippen molar-refractivity contribution in [1.82, 2.24) is 25.0 Å². The molecule has 2 amide bonds. The Hall–Kier alpha value is -1.89. The summed E-state index contributed by atoms with van der Waals surface area (Å²) in [7, 11) is 1.92. The lowest BCUT2D eigenvalue weighted by molar-refractivity contribution is 0.190. The summed E-state index contributed by atoms with van der Waals surface area (Å²) in [5.74, 6) is 0.862. The van der Waals surface area contributed by atoms with Crippen LogP contribution in [0.1, 0.15) is 30.3 Å². The van der Waals surface area contributed by atoms with E-state index in [1.54, 1.807) is 17.7 Å². The first-order chi connectivity index (χ1) is 10.3. The second kappa shape index (κ2) is 6.26. The van der Waals surface area contributed by atoms with Gasteiger partial charge >= 0.3 is 6.03 Å². The number of urea groups is 1. The van der Waals surface area contributed by atoms with Gasteiger partial charge in [0.1, 0.15) is 6.33 Å². The minimum Gasteiger partial charge on any atom is -0.338 e. The third-order valence-corrected chi connectivity index (χ3v) is 4.56. The van der Waals surface area contributed by atoms with E-state index in [0.29, 0.717) is 6.54 Å². The summed E-state index contributed by atoms with van der Waals surface area (Å²) in [5.41, 5.74) is 1.27. The zero-order valence-corrected chi connectivity index (χ0v) is 12.8. The normalized spacial score (nSPS) is 18.1. The van der Waals surface area contributed by atoms with Gasteiger partial charge in [-0.3, -0.25) is 0 Å². The highest BCUT2D eigenvalue weighted by Crippen LogP contribution is 2.30. The number of rotatable bonds is 4. The number of nitrogens with zero attached hydrogens (tertiary/aromatic N) is 4. The summed E-state index contributed by atoms with van der Waals surface area (Å²) in [6, 6.07) is 2.13. The molecule has 1 atom stereocenters. The molecule has 0 bridgehead atoms. The molecule has 2 aromatic heterocycles. The molecule has 1 saturated heterocycles. The smallest absolute Gasteiger partial charge is 0.318 e. The Morgan fingerprint density at radius 1 is 1.57 bits per heavy atom. The lowest BCUT2D eigenvalue weighted by Crippen LogP contribution is -2.40. The molecule has 0 aromatic carbocycles. The van der Waals surface area contributed by atoms with Crippen molar-refractivity contribution in [3.63, 3.8) is 0 Å². The predicted molar refractivity (Wildman–Crippen MR) is 81.1 cm³/mol. The number of amides is 2. The van der Waals surface area contributed by atoms with Crippen molar-refractivity contribution >= 4 is 17.4 Å². The molecule has 0 radical (unpaired) electrons. The molecule has 6 nitrogen and oxygen atoms in total. The molecule has 112 valence electrons. The molecule has 21 heavy (non-hydrogen) atoms. The molecule has 0 unspecified atom stereocenters. The molecule has 0 saturated carbocycles. The molecular weight excluding hydrogens is 286 g/mol. The summed E-state index contributed by atoms with van der Waals surface area (Å²) in [6.07, 6.45) is 4.51. The van der Waals surface area contributed by atoms with E-state index in [1.165, 1.54) is 5.56 Å². The van der Waals surface area contributed by atoms with Crippen LogP contribution in [0.3, 0.4) is 0 Å². The molecular formula is C14H19N5OS. The van der Waals surface area contributed by atoms with E-state index in [1.807, 2.05) is 16.5 Å². The number of carbonyl (C=O) groups is 1. The quantitative estimate of drug-likeness (QED) is 0.939. The average Bonchev–Trinajstić information content (AvgIpc) is 3.18. The van der Waals surface area contributed by atoms with E-state index in [4.69, 9.17) is 0 Å². The van der Waals surface area contributed by atoms with Crippen molar-refractivity contribution in [2.45, 2.75) is 25.3 Å². The lowest BCUT2D eigenvalue weighted by atomic mass is 10.2. The minimum absolute atomic E-state index is 0.00395. The Bertz CT molecular complexity index is 594. The topological polar surface area (TPSA) is 63.1 Å². The first-order valence-electron chi connectivity index (χ1n) is 7.15. The summed E-state index contributed by atoms with van der Waals surface area (Å²) in [5, 5.41) is 15.2. The number of hydrogen-bond acceptors (Lipinski definition) is 4. The molecule has 1 fully saturated rings. The third kappa shape index (κ3) is 3.07. The van der Waals surface area contributed by atoms with Crippen LogP contribution >= 0.6 is 11.3 Å². The van der Waals surface area contributed by atoms with Gasteiger partial charge in [0, 0.05) is 20.1 Å². The third-order valence-electron chi connectivity index (χ3n) is 3.83. The highest BCUT2D eigenvalue weighted by atomic mass is 32.1. The molecule has 0 aliphatic carbocycles. The summed E-state index contributed by atoms with van der Waals surface area (Å²) in [4.78, 5) is 14.2. The van der Waals surface area contributed by atoms with Gasteiger partial charge in [-0.2, -0.15) is 11.3 Å². The van der Waals surface area contributed by atoms with Crippen LogP contribution in [0.25, 0.3) is 0 Å². The number of aryl methyl sites for hydroxylation is 1. The molecule has 2 aromatic rings. The van der Waals surface area contributed by atoms with Gasteiger partial charge in [0.2, 0.25) is 0 Å². The van der Waals surface area contributed by atoms with Gasteiger partial charge in [0.15, 0.2) is 5.82 Å². The molecule has 1 N–H and O–H groups in total. The lowest BCUT2D eigenvalue weighted by Gasteiger charge is -2.24. The zero-order chi connectivity index (χ0) is 14.7. The maximum Gasteiger partial charge on any atom is 0.318 e. The van der Waals surface area contributed by atoms with Crippen LogP contribution in [0, 0.1) is 0 Å². The number of carbonyl (C=O) groups excluding carboxylic acids is 1. The van der Waals surface area contributed by atoms with Crippen molar-refractivity contribution in [3.8, 4) is 0 Å². The fraction of sp³-hybridized carbons (Fsp3) is 0.500. The van der Waals surface area contributed by atoms with Crippen LogP contribution in [0.2, 0.25) is 0 Å². The minimum atomic E-state index is -0.00395. The van der Waals surface area contributed by atoms with E-state index in [-0.39, 0.29) is 12.1 Å². The van der Waals surface area contributed by atoms with Crippen LogP contribution in [0.5, 0.6) is 0 Å². The van der Waals surface area contributed by atoms with Crippen molar-refractivity contribution < 1.29 is 4.79 Å². The number of likely N-dealkylation sites (tertiary alicyclic amines) is 1. The first kappa shape index (κ1) is 14.1. The van der Waals surface area contributed by atoms with Crippen LogP contribution < -0.4 is 5.32 Å². The van der Waals surface area contributed by atoms with Crippen LogP contribution in [0.15, 0.2) is 23.2 Å². The summed E-state index contributed by atoms with van der Waals surface area (Å²) in [6.45, 7) is 1.44. The Morgan fingerprint density at radius 3 is 3.19 bits per heavy atom. The second-order valence-electron chi connectivity index (χ2n) is 5.26. The number of aromatic nitrogens is 3. The highest BCUT2D eigenvalue weighted by Gasteiger charge is 2.32. The van der Waals surface area contributed by atoms with Gasteiger partial charge in [0.25, 0.3) is 0 Å². The predicted octanol–water partition coefficient (Wildman–Crippen LogP) is 1.97. The van der Waals surface area contributed by atoms with E-state index < -0.39 is 0 Å². The van der Waals surface area contributed by atoms with E-state index in [9.17, 15) is 4.79 Å². The van der Waals surface area contributed by atoms with Crippen molar-refractivity contribution in [1.29, 1.82) is 0 Å². The highest BCUT2D eigenvalue weighted by molar-refractivity contribution is 7.07. The van der Waals surface area contributed by atoms with Gasteiger partial charge in [-0.05, 0) is 41.7 Å². The maximum absolute atomic E-state index is 12.4. The van der Waals surface area contributed by atoms with Crippen LogP contribution in [-0.2, 0) is 13.5 Å². The average molecular weight is 305 g/mol. The van der Waals surface area contributed by atoms with Crippen molar-refractivity contribution in [2.24, 2.45) is 7.05 Å². The van der Waals surface area contributed by atoms with Gasteiger partial charge in [0.05, 0.1) is 6.04 Å². The Kier molecular flexibility index (Phi) is 4.19. The van der Waals surface area contributed by atoms with E-state index >= 15 is 0 Å². The van der Waals surface area contributed by atoms with Gasteiger partial charge in [-0.15, -0.1) is 10.2 Å². The Balaban J connectivity index is 1.57. The first-order valence-corrected chi connectivity index (χ1v) is 8.09. The Morgan fingerprint density at radius 2 is 2.48 bits per heavy atom. The molecule has 3 heterocycles. The largest absolute Gasteiger partial charge is 0.338 e. The second-order valence-corrected chi connectivity index (χ2v) is 6.05. The van der Waals surface area contributed by atoms with Crippen LogP contribution in [0.4, 0.5) is 4.79 Å². The van der Waals surface area contributed by atoms with Gasteiger partial charge < -0.3 is 14.8 Å². The molecule has 1 aliphatic rings. The fourth-order valence-electron chi connectivity index (χ4n) is 2.72. The molecule has 1 aliphatic heterocycles. The Labute approximate surface area is 127 Å². The molecule has 0 spiro atoms. The zero-order valence-electron chi connectivity index (χ0n) is 12.0. The standard InChI is InChI=1S/C14H19N5OS/c1-18-10-16-17-13(18)12-3-2-7-19(12)14(20)15-6-4-11-5-8-21-9-11/h5,8-10,12H,2-4,6-7H2,1H3,(H,15,20)/t12-/m1/s1. The maximum atomic E-state index is 12.4. The SMILES string of the molecule is Cn1cnnc1[C@H]1CCCN1C(=O)NCCc1ccsc1. The fourth-order valence-corrected chi connectivity index (χ4v) is 3.43. The molecule has 7 heteroatoms. The number of hydrogen-bond donors (Lipinski definition) is 1. The number of nitrogens with one attached hydrogen (secondary N) is 1. The van der Waals surface area contributed by atoms with Gasteiger partial charge in [-0.1, -0.05) is 0 Å². The van der Waals surface area contributed by atoms with Crippen molar-refractivity contribution in [2.75, 3.05) is 13.1 Å². The summed E-state index contributed by atoms with van der Waals surface area (Å²) < 4.78 is 1.89.